The second-order valence-corrected chi connectivity index (χ2v) is 7.22. The van der Waals surface area contributed by atoms with Crippen LogP contribution < -0.4 is 15.2 Å². The highest BCUT2D eigenvalue weighted by molar-refractivity contribution is 5.44. The van der Waals surface area contributed by atoms with Crippen molar-refractivity contribution in [3.63, 3.8) is 0 Å². The monoisotopic (exact) mass is 335 g/mol. The third-order valence-electron chi connectivity index (χ3n) is 4.65. The van der Waals surface area contributed by atoms with Gasteiger partial charge in [0.05, 0.1) is 13.7 Å². The Morgan fingerprint density at radius 2 is 2.00 bits per heavy atom. The first-order valence-corrected chi connectivity index (χ1v) is 8.91. The van der Waals surface area contributed by atoms with Gasteiger partial charge in [-0.15, -0.1) is 0 Å². The Hall–Kier alpha value is -1.30. The molecule has 2 unspecified atom stereocenters. The molecule has 0 saturated carbocycles. The molecule has 1 heterocycles. The standard InChI is InChI=1S/C19H33N3O2/c1-14(2)13-24-18-7-6-16(10-19(18)23-5)17(11-20)22-9-8-21(4)12-15(22)3/h6-7,10,14-15,17H,8-9,11-13,20H2,1-5H3. The van der Waals surface area contributed by atoms with E-state index in [2.05, 4.69) is 49.8 Å². The van der Waals surface area contributed by atoms with Gasteiger partial charge in [0, 0.05) is 38.3 Å². The van der Waals surface area contributed by atoms with Crippen LogP contribution >= 0.6 is 0 Å². The summed E-state index contributed by atoms with van der Waals surface area (Å²) in [6.45, 7) is 11.0. The van der Waals surface area contributed by atoms with Crippen molar-refractivity contribution >= 4 is 0 Å². The number of nitrogens with two attached hydrogens (primary N) is 1. The number of hydrogen-bond acceptors (Lipinski definition) is 5. The van der Waals surface area contributed by atoms with Crippen molar-refractivity contribution in [3.05, 3.63) is 23.8 Å². The van der Waals surface area contributed by atoms with Crippen molar-refractivity contribution in [3.8, 4) is 11.5 Å². The van der Waals surface area contributed by atoms with Crippen LogP contribution in [0.5, 0.6) is 11.5 Å². The van der Waals surface area contributed by atoms with Gasteiger partial charge >= 0.3 is 0 Å². The number of methoxy groups -OCH3 is 1. The van der Waals surface area contributed by atoms with Crippen LogP contribution in [0.2, 0.25) is 0 Å². The normalized spacial score (nSPS) is 21.0. The van der Waals surface area contributed by atoms with Gasteiger partial charge in [-0.2, -0.15) is 0 Å². The SMILES string of the molecule is COc1cc(C(CN)N2CCN(C)CC2C)ccc1OCC(C)C. The lowest BCUT2D eigenvalue weighted by atomic mass is 10.0. The number of piperazine rings is 1. The number of rotatable bonds is 7. The highest BCUT2D eigenvalue weighted by Gasteiger charge is 2.28. The quantitative estimate of drug-likeness (QED) is 0.829. The number of ether oxygens (including phenoxy) is 2. The molecule has 24 heavy (non-hydrogen) atoms. The van der Waals surface area contributed by atoms with Crippen molar-refractivity contribution in [2.24, 2.45) is 11.7 Å². The van der Waals surface area contributed by atoms with Gasteiger partial charge in [-0.1, -0.05) is 19.9 Å². The maximum Gasteiger partial charge on any atom is 0.161 e. The maximum atomic E-state index is 6.13. The first kappa shape index (κ1) is 19.0. The van der Waals surface area contributed by atoms with Gasteiger partial charge in [0.15, 0.2) is 11.5 Å². The van der Waals surface area contributed by atoms with Crippen LogP contribution in [0.3, 0.4) is 0 Å². The molecule has 1 saturated heterocycles. The van der Waals surface area contributed by atoms with Crippen molar-refractivity contribution in [2.45, 2.75) is 32.9 Å². The molecule has 0 aromatic heterocycles. The third-order valence-corrected chi connectivity index (χ3v) is 4.65. The second kappa shape index (κ2) is 8.70. The van der Waals surface area contributed by atoms with Crippen LogP contribution in [-0.2, 0) is 0 Å². The number of likely N-dealkylation sites (N-methyl/N-ethyl adjacent to an activating group) is 1. The van der Waals surface area contributed by atoms with Gasteiger partial charge in [0.25, 0.3) is 0 Å². The fourth-order valence-corrected chi connectivity index (χ4v) is 3.35. The third kappa shape index (κ3) is 4.62. The van der Waals surface area contributed by atoms with E-state index in [1.807, 2.05) is 6.07 Å². The molecule has 2 rings (SSSR count). The molecule has 0 radical (unpaired) electrons. The summed E-state index contributed by atoms with van der Waals surface area (Å²) in [5.41, 5.74) is 7.33. The first-order valence-electron chi connectivity index (χ1n) is 8.91. The minimum absolute atomic E-state index is 0.210. The summed E-state index contributed by atoms with van der Waals surface area (Å²) in [6.07, 6.45) is 0. The molecule has 0 spiro atoms. The summed E-state index contributed by atoms with van der Waals surface area (Å²) >= 11 is 0. The molecule has 2 N–H and O–H groups in total. The Labute approximate surface area is 146 Å². The minimum atomic E-state index is 0.210. The van der Waals surface area contributed by atoms with Gasteiger partial charge in [-0.3, -0.25) is 4.90 Å². The summed E-state index contributed by atoms with van der Waals surface area (Å²) in [5.74, 6) is 2.07. The van der Waals surface area contributed by atoms with Gasteiger partial charge in [0.2, 0.25) is 0 Å². The Morgan fingerprint density at radius 1 is 1.25 bits per heavy atom. The maximum absolute atomic E-state index is 6.13. The molecule has 0 bridgehead atoms. The highest BCUT2D eigenvalue weighted by atomic mass is 16.5. The van der Waals surface area contributed by atoms with Crippen molar-refractivity contribution in [1.82, 2.24) is 9.80 Å². The van der Waals surface area contributed by atoms with Crippen molar-refractivity contribution < 1.29 is 9.47 Å². The van der Waals surface area contributed by atoms with E-state index in [1.54, 1.807) is 7.11 Å². The van der Waals surface area contributed by atoms with E-state index in [4.69, 9.17) is 15.2 Å². The molecule has 1 fully saturated rings. The summed E-state index contributed by atoms with van der Waals surface area (Å²) in [7, 11) is 3.87. The number of benzene rings is 1. The molecule has 5 heteroatoms. The first-order chi connectivity index (χ1) is 11.5. The van der Waals surface area contributed by atoms with Gasteiger partial charge in [-0.05, 0) is 37.6 Å². The van der Waals surface area contributed by atoms with E-state index in [0.717, 1.165) is 31.1 Å². The zero-order chi connectivity index (χ0) is 17.7. The summed E-state index contributed by atoms with van der Waals surface area (Å²) < 4.78 is 11.4. The Morgan fingerprint density at radius 3 is 2.58 bits per heavy atom. The van der Waals surface area contributed by atoms with Gasteiger partial charge in [-0.25, -0.2) is 0 Å². The predicted molar refractivity (Wildman–Crippen MR) is 98.8 cm³/mol. The molecule has 1 aromatic rings. The molecular formula is C19H33N3O2. The van der Waals surface area contributed by atoms with E-state index in [9.17, 15) is 0 Å². The summed E-state index contributed by atoms with van der Waals surface area (Å²) in [4.78, 5) is 4.88. The number of nitrogens with zero attached hydrogens (tertiary/aromatic N) is 2. The zero-order valence-corrected chi connectivity index (χ0v) is 15.8. The second-order valence-electron chi connectivity index (χ2n) is 7.22. The highest BCUT2D eigenvalue weighted by Crippen LogP contribution is 2.33. The molecule has 1 aliphatic rings. The lowest BCUT2D eigenvalue weighted by Crippen LogP contribution is -2.52. The molecule has 136 valence electrons. The predicted octanol–water partition coefficient (Wildman–Crippen LogP) is 2.37. The van der Waals surface area contributed by atoms with Crippen molar-refractivity contribution in [2.75, 3.05) is 46.9 Å². The average Bonchev–Trinajstić information content (AvgIpc) is 2.55. The van der Waals surface area contributed by atoms with Crippen LogP contribution in [0.25, 0.3) is 0 Å². The summed E-state index contributed by atoms with van der Waals surface area (Å²) in [6, 6.07) is 6.92. The fraction of sp³-hybridized carbons (Fsp3) is 0.684. The lowest BCUT2D eigenvalue weighted by Gasteiger charge is -2.42. The van der Waals surface area contributed by atoms with E-state index < -0.39 is 0 Å². The molecule has 1 aliphatic heterocycles. The smallest absolute Gasteiger partial charge is 0.161 e. The topological polar surface area (TPSA) is 51.0 Å². The van der Waals surface area contributed by atoms with E-state index in [0.29, 0.717) is 25.1 Å². The van der Waals surface area contributed by atoms with Crippen LogP contribution in [-0.4, -0.2) is 62.8 Å². The molecule has 2 atom stereocenters. The van der Waals surface area contributed by atoms with Crippen molar-refractivity contribution in [1.29, 1.82) is 0 Å². The molecular weight excluding hydrogens is 302 g/mol. The Balaban J connectivity index is 2.19. The Bertz CT molecular complexity index is 521. The molecule has 0 aliphatic carbocycles. The summed E-state index contributed by atoms with van der Waals surface area (Å²) in [5, 5.41) is 0. The average molecular weight is 335 g/mol. The minimum Gasteiger partial charge on any atom is -0.493 e. The van der Waals surface area contributed by atoms with Gasteiger partial charge < -0.3 is 20.1 Å². The Kier molecular flexibility index (Phi) is 6.90. The van der Waals surface area contributed by atoms with Crippen LogP contribution in [0, 0.1) is 5.92 Å². The van der Waals surface area contributed by atoms with E-state index in [1.165, 1.54) is 5.56 Å². The molecule has 5 nitrogen and oxygen atoms in total. The van der Waals surface area contributed by atoms with E-state index >= 15 is 0 Å². The fourth-order valence-electron chi connectivity index (χ4n) is 3.35. The van der Waals surface area contributed by atoms with Gasteiger partial charge in [0.1, 0.15) is 0 Å². The number of hydrogen-bond donors (Lipinski definition) is 1. The molecule has 0 amide bonds. The largest absolute Gasteiger partial charge is 0.493 e. The lowest BCUT2D eigenvalue weighted by molar-refractivity contribution is 0.0634. The van der Waals surface area contributed by atoms with Crippen LogP contribution in [0.1, 0.15) is 32.4 Å². The van der Waals surface area contributed by atoms with Crippen LogP contribution in [0.15, 0.2) is 18.2 Å². The van der Waals surface area contributed by atoms with E-state index in [-0.39, 0.29) is 6.04 Å². The molecule has 1 aromatic carbocycles. The zero-order valence-electron chi connectivity index (χ0n) is 15.8. The van der Waals surface area contributed by atoms with Crippen LogP contribution in [0.4, 0.5) is 0 Å².